The lowest BCUT2D eigenvalue weighted by Crippen LogP contribution is -2.38. The number of hydrogen-bond acceptors (Lipinski definition) is 5. The van der Waals surface area contributed by atoms with Crippen LogP contribution >= 0.6 is 11.3 Å². The van der Waals surface area contributed by atoms with Crippen LogP contribution in [0.1, 0.15) is 58.6 Å². The molecule has 2 heterocycles. The standard InChI is InChI=1S/C23H29N5O2S/c1-27(17-7-3-2-4-8-17)22(30)16-10-11-18-19(15-16)28(13-6-12-24)23(25-18)26-21(29)20-9-5-14-31-20/h5,9-11,14-15,17H,2-4,6-8,12-13,24H2,1H3,(H,25,26,29). The highest BCUT2D eigenvalue weighted by Gasteiger charge is 2.24. The highest BCUT2D eigenvalue weighted by Crippen LogP contribution is 2.26. The Morgan fingerprint density at radius 3 is 2.77 bits per heavy atom. The van der Waals surface area contributed by atoms with E-state index in [-0.39, 0.29) is 11.8 Å². The molecule has 0 unspecified atom stereocenters. The summed E-state index contributed by atoms with van der Waals surface area (Å²) in [5, 5.41) is 4.79. The third kappa shape index (κ3) is 4.65. The predicted molar refractivity (Wildman–Crippen MR) is 125 cm³/mol. The van der Waals surface area contributed by atoms with Crippen LogP contribution in [0.5, 0.6) is 0 Å². The number of carbonyl (C=O) groups excluding carboxylic acids is 2. The summed E-state index contributed by atoms with van der Waals surface area (Å²) in [4.78, 5) is 32.9. The van der Waals surface area contributed by atoms with Gasteiger partial charge in [-0.25, -0.2) is 4.98 Å². The monoisotopic (exact) mass is 439 g/mol. The molecule has 1 saturated carbocycles. The van der Waals surface area contributed by atoms with Crippen molar-refractivity contribution >= 4 is 40.1 Å². The molecule has 1 fully saturated rings. The summed E-state index contributed by atoms with van der Waals surface area (Å²) in [6, 6.07) is 9.51. The molecule has 0 atom stereocenters. The summed E-state index contributed by atoms with van der Waals surface area (Å²) >= 11 is 1.38. The maximum Gasteiger partial charge on any atom is 0.268 e. The lowest BCUT2D eigenvalue weighted by molar-refractivity contribution is 0.0696. The molecule has 1 aliphatic rings. The van der Waals surface area contributed by atoms with Gasteiger partial charge in [0.1, 0.15) is 0 Å². The fourth-order valence-corrected chi connectivity index (χ4v) is 4.85. The zero-order valence-corrected chi connectivity index (χ0v) is 18.7. The van der Waals surface area contributed by atoms with E-state index in [0.29, 0.717) is 35.5 Å². The van der Waals surface area contributed by atoms with Crippen molar-refractivity contribution in [2.24, 2.45) is 5.73 Å². The van der Waals surface area contributed by atoms with Crippen LogP contribution in [0.4, 0.5) is 5.95 Å². The van der Waals surface area contributed by atoms with Gasteiger partial charge in [-0.3, -0.25) is 14.9 Å². The first kappa shape index (κ1) is 21.5. The van der Waals surface area contributed by atoms with Crippen LogP contribution in [0.3, 0.4) is 0 Å². The van der Waals surface area contributed by atoms with Gasteiger partial charge in [-0.1, -0.05) is 25.3 Å². The molecule has 0 aliphatic heterocycles. The van der Waals surface area contributed by atoms with E-state index >= 15 is 0 Å². The Morgan fingerprint density at radius 2 is 2.06 bits per heavy atom. The number of anilines is 1. The van der Waals surface area contributed by atoms with E-state index < -0.39 is 0 Å². The van der Waals surface area contributed by atoms with Gasteiger partial charge < -0.3 is 15.2 Å². The molecule has 2 aromatic heterocycles. The number of carbonyl (C=O) groups is 2. The Balaban J connectivity index is 1.64. The van der Waals surface area contributed by atoms with Crippen molar-refractivity contribution in [3.63, 3.8) is 0 Å². The fourth-order valence-electron chi connectivity index (χ4n) is 4.24. The number of amides is 2. The van der Waals surface area contributed by atoms with Crippen LogP contribution in [0.15, 0.2) is 35.7 Å². The van der Waals surface area contributed by atoms with Gasteiger partial charge in [-0.2, -0.15) is 0 Å². The minimum absolute atomic E-state index is 0.0320. The quantitative estimate of drug-likeness (QED) is 0.579. The minimum atomic E-state index is -0.187. The van der Waals surface area contributed by atoms with E-state index in [1.54, 1.807) is 6.07 Å². The molecule has 0 saturated heterocycles. The van der Waals surface area contributed by atoms with E-state index in [9.17, 15) is 9.59 Å². The number of benzene rings is 1. The van der Waals surface area contributed by atoms with Crippen molar-refractivity contribution in [2.45, 2.75) is 51.1 Å². The number of nitrogens with two attached hydrogens (primary N) is 1. The zero-order chi connectivity index (χ0) is 21.8. The highest BCUT2D eigenvalue weighted by molar-refractivity contribution is 7.12. The van der Waals surface area contributed by atoms with Gasteiger partial charge in [0.05, 0.1) is 15.9 Å². The maximum atomic E-state index is 13.2. The maximum absolute atomic E-state index is 13.2. The summed E-state index contributed by atoms with van der Waals surface area (Å²) in [6.45, 7) is 1.14. The zero-order valence-electron chi connectivity index (χ0n) is 17.8. The Bertz CT molecular complexity index is 1050. The molecule has 164 valence electrons. The summed E-state index contributed by atoms with van der Waals surface area (Å²) < 4.78 is 1.95. The molecule has 2 amide bonds. The minimum Gasteiger partial charge on any atom is -0.339 e. The molecule has 0 radical (unpaired) electrons. The first-order valence-electron chi connectivity index (χ1n) is 10.9. The molecule has 0 spiro atoms. The first-order valence-corrected chi connectivity index (χ1v) is 11.8. The number of hydrogen-bond donors (Lipinski definition) is 2. The van der Waals surface area contributed by atoms with Crippen molar-refractivity contribution in [2.75, 3.05) is 18.9 Å². The van der Waals surface area contributed by atoms with Gasteiger partial charge in [0.15, 0.2) is 0 Å². The predicted octanol–water partition coefficient (Wildman–Crippen LogP) is 4.10. The van der Waals surface area contributed by atoms with E-state index in [1.807, 2.05) is 46.2 Å². The molecule has 4 rings (SSSR count). The van der Waals surface area contributed by atoms with Crippen LogP contribution in [0.25, 0.3) is 11.0 Å². The molecule has 3 aromatic rings. The van der Waals surface area contributed by atoms with Crippen LogP contribution in [0, 0.1) is 0 Å². The van der Waals surface area contributed by atoms with Crippen molar-refractivity contribution in [1.82, 2.24) is 14.5 Å². The Hall–Kier alpha value is -2.71. The number of nitrogens with zero attached hydrogens (tertiary/aromatic N) is 3. The Kier molecular flexibility index (Phi) is 6.67. The number of thiophene rings is 1. The number of aromatic nitrogens is 2. The summed E-state index contributed by atoms with van der Waals surface area (Å²) in [6.07, 6.45) is 6.49. The number of aryl methyl sites for hydroxylation is 1. The molecule has 7 nitrogen and oxygen atoms in total. The number of nitrogens with one attached hydrogen (secondary N) is 1. The fraction of sp³-hybridized carbons (Fsp3) is 0.435. The SMILES string of the molecule is CN(C(=O)c1ccc2nc(NC(=O)c3cccs3)n(CCCN)c2c1)C1CCCCC1. The van der Waals surface area contributed by atoms with Crippen molar-refractivity contribution in [3.8, 4) is 0 Å². The van der Waals surface area contributed by atoms with E-state index in [0.717, 1.165) is 30.3 Å². The number of rotatable bonds is 7. The smallest absolute Gasteiger partial charge is 0.268 e. The Labute approximate surface area is 186 Å². The molecule has 1 aliphatic carbocycles. The molecule has 31 heavy (non-hydrogen) atoms. The van der Waals surface area contributed by atoms with Gasteiger partial charge in [-0.05, 0) is 55.5 Å². The van der Waals surface area contributed by atoms with Gasteiger partial charge in [0.25, 0.3) is 11.8 Å². The van der Waals surface area contributed by atoms with Gasteiger partial charge in [0, 0.05) is 25.2 Å². The summed E-state index contributed by atoms with van der Waals surface area (Å²) in [7, 11) is 1.90. The second kappa shape index (κ2) is 9.62. The van der Waals surface area contributed by atoms with Crippen molar-refractivity contribution < 1.29 is 9.59 Å². The second-order valence-electron chi connectivity index (χ2n) is 8.07. The first-order chi connectivity index (χ1) is 15.1. The number of fused-ring (bicyclic) bond motifs is 1. The van der Waals surface area contributed by atoms with Gasteiger partial charge in [0.2, 0.25) is 5.95 Å². The lowest BCUT2D eigenvalue weighted by Gasteiger charge is -2.31. The third-order valence-electron chi connectivity index (χ3n) is 5.99. The second-order valence-corrected chi connectivity index (χ2v) is 9.02. The third-order valence-corrected chi connectivity index (χ3v) is 6.86. The van der Waals surface area contributed by atoms with Crippen LogP contribution in [0.2, 0.25) is 0 Å². The van der Waals surface area contributed by atoms with Crippen LogP contribution in [-0.2, 0) is 6.54 Å². The Morgan fingerprint density at radius 1 is 1.26 bits per heavy atom. The van der Waals surface area contributed by atoms with Crippen LogP contribution < -0.4 is 11.1 Å². The largest absolute Gasteiger partial charge is 0.339 e. The van der Waals surface area contributed by atoms with Crippen molar-refractivity contribution in [3.05, 3.63) is 46.2 Å². The molecule has 3 N–H and O–H groups in total. The number of imidazole rings is 1. The normalized spacial score (nSPS) is 14.6. The average Bonchev–Trinajstić information content (AvgIpc) is 3.45. The van der Waals surface area contributed by atoms with E-state index in [1.165, 1.54) is 30.6 Å². The molecule has 8 heteroatoms. The molecular weight excluding hydrogens is 410 g/mol. The molecular formula is C23H29N5O2S. The lowest BCUT2D eigenvalue weighted by atomic mass is 9.94. The molecule has 1 aromatic carbocycles. The highest BCUT2D eigenvalue weighted by atomic mass is 32.1. The van der Waals surface area contributed by atoms with E-state index in [4.69, 9.17) is 5.73 Å². The van der Waals surface area contributed by atoms with Crippen LogP contribution in [-0.4, -0.2) is 45.9 Å². The van der Waals surface area contributed by atoms with Crippen molar-refractivity contribution in [1.29, 1.82) is 0 Å². The van der Waals surface area contributed by atoms with Gasteiger partial charge in [-0.15, -0.1) is 11.3 Å². The van der Waals surface area contributed by atoms with Gasteiger partial charge >= 0.3 is 0 Å². The molecule has 0 bridgehead atoms. The summed E-state index contributed by atoms with van der Waals surface area (Å²) in [5.41, 5.74) is 7.96. The summed E-state index contributed by atoms with van der Waals surface area (Å²) in [5.74, 6) is 0.323. The van der Waals surface area contributed by atoms with E-state index in [2.05, 4.69) is 10.3 Å². The topological polar surface area (TPSA) is 93.2 Å². The average molecular weight is 440 g/mol.